The molecule has 0 aliphatic carbocycles. The van der Waals surface area contributed by atoms with E-state index in [1.54, 1.807) is 4.57 Å². The number of aromatic nitrogens is 1. The first-order valence-corrected chi connectivity index (χ1v) is 9.51. The van der Waals surface area contributed by atoms with Crippen LogP contribution in [0.25, 0.3) is 0 Å². The number of nitrogens with two attached hydrogens (primary N) is 1. The van der Waals surface area contributed by atoms with Gasteiger partial charge in [-0.1, -0.05) is 60.7 Å². The minimum atomic E-state index is -0.541. The van der Waals surface area contributed by atoms with Crippen LogP contribution in [0.5, 0.6) is 5.75 Å². The van der Waals surface area contributed by atoms with Crippen LogP contribution in [-0.2, 0) is 13.0 Å². The maximum absolute atomic E-state index is 13.5. The van der Waals surface area contributed by atoms with E-state index >= 15 is 0 Å². The molecule has 1 atom stereocenters. The highest BCUT2D eigenvalue weighted by Crippen LogP contribution is 2.40. The van der Waals surface area contributed by atoms with Gasteiger partial charge in [-0.3, -0.25) is 4.79 Å². The van der Waals surface area contributed by atoms with Gasteiger partial charge in [-0.05, 0) is 24.5 Å². The van der Waals surface area contributed by atoms with Crippen molar-refractivity contribution in [3.05, 3.63) is 111 Å². The highest BCUT2D eigenvalue weighted by Gasteiger charge is 2.34. The third-order valence-corrected chi connectivity index (χ3v) is 5.29. The molecule has 2 N–H and O–H groups in total. The van der Waals surface area contributed by atoms with Gasteiger partial charge in [-0.2, -0.15) is 5.26 Å². The maximum atomic E-state index is 13.5. The van der Waals surface area contributed by atoms with Gasteiger partial charge in [0.15, 0.2) is 0 Å². The summed E-state index contributed by atoms with van der Waals surface area (Å²) in [6.07, 6.45) is 0.736. The monoisotopic (exact) mass is 383 g/mol. The molecular formula is C24H21N3O2. The van der Waals surface area contributed by atoms with Crippen molar-refractivity contribution in [1.82, 2.24) is 4.57 Å². The molecule has 0 spiro atoms. The minimum Gasteiger partial charge on any atom is -0.440 e. The minimum absolute atomic E-state index is 0.0506. The summed E-state index contributed by atoms with van der Waals surface area (Å²) in [6, 6.07) is 23.5. The predicted octanol–water partition coefficient (Wildman–Crippen LogP) is 3.62. The number of aryl methyl sites for hydroxylation is 2. The van der Waals surface area contributed by atoms with Gasteiger partial charge in [-0.15, -0.1) is 0 Å². The third kappa shape index (κ3) is 3.41. The van der Waals surface area contributed by atoms with E-state index in [0.29, 0.717) is 17.9 Å². The van der Waals surface area contributed by atoms with Crippen molar-refractivity contribution >= 4 is 0 Å². The summed E-state index contributed by atoms with van der Waals surface area (Å²) in [5.41, 5.74) is 9.40. The Hall–Kier alpha value is -3.78. The van der Waals surface area contributed by atoms with Gasteiger partial charge in [-0.25, -0.2) is 0 Å². The summed E-state index contributed by atoms with van der Waals surface area (Å²) in [7, 11) is 0. The largest absolute Gasteiger partial charge is 0.440 e. The third-order valence-electron chi connectivity index (χ3n) is 5.29. The van der Waals surface area contributed by atoms with E-state index in [2.05, 4.69) is 6.07 Å². The summed E-state index contributed by atoms with van der Waals surface area (Å²) in [6.45, 7) is 2.43. The van der Waals surface area contributed by atoms with E-state index in [-0.39, 0.29) is 17.0 Å². The molecule has 1 aromatic heterocycles. The van der Waals surface area contributed by atoms with Crippen LogP contribution in [0.1, 0.15) is 28.3 Å². The fraction of sp³-hybridized carbons (Fsp3) is 0.167. The van der Waals surface area contributed by atoms with Crippen molar-refractivity contribution in [3.63, 3.8) is 0 Å². The standard InChI is InChI=1S/C24H21N3O2/c1-16-14-20-22(24(28)27(16)13-12-17-8-4-2-5-9-17)21(18-10-6-3-7-11-18)19(15-25)23(26)29-20/h2-11,14,21H,12-13,26H2,1H3/t21-/m0/s1. The van der Waals surface area contributed by atoms with Crippen molar-refractivity contribution in [2.45, 2.75) is 25.8 Å². The van der Waals surface area contributed by atoms with Gasteiger partial charge < -0.3 is 15.0 Å². The zero-order valence-electron chi connectivity index (χ0n) is 16.1. The Balaban J connectivity index is 1.83. The van der Waals surface area contributed by atoms with Gasteiger partial charge in [0, 0.05) is 18.3 Å². The fourth-order valence-corrected chi connectivity index (χ4v) is 3.83. The molecule has 1 aliphatic rings. The Labute approximate surface area is 169 Å². The van der Waals surface area contributed by atoms with E-state index in [0.717, 1.165) is 23.2 Å². The average Bonchev–Trinajstić information content (AvgIpc) is 2.74. The van der Waals surface area contributed by atoms with Crippen LogP contribution in [0, 0.1) is 18.3 Å². The lowest BCUT2D eigenvalue weighted by Gasteiger charge is -2.27. The summed E-state index contributed by atoms with van der Waals surface area (Å²) < 4.78 is 7.44. The molecule has 5 heteroatoms. The van der Waals surface area contributed by atoms with Crippen molar-refractivity contribution < 1.29 is 4.74 Å². The number of hydrogen-bond acceptors (Lipinski definition) is 4. The van der Waals surface area contributed by atoms with Crippen LogP contribution in [0.15, 0.2) is 83.0 Å². The first-order valence-electron chi connectivity index (χ1n) is 9.51. The number of nitrogens with zero attached hydrogens (tertiary/aromatic N) is 2. The molecule has 29 heavy (non-hydrogen) atoms. The lowest BCUT2D eigenvalue weighted by atomic mass is 9.84. The van der Waals surface area contributed by atoms with Gasteiger partial charge in [0.1, 0.15) is 17.4 Å². The number of hydrogen-bond donors (Lipinski definition) is 1. The molecule has 0 fully saturated rings. The lowest BCUT2D eigenvalue weighted by Crippen LogP contribution is -2.33. The molecule has 0 unspecified atom stereocenters. The number of fused-ring (bicyclic) bond motifs is 1. The molecule has 1 aliphatic heterocycles. The zero-order valence-corrected chi connectivity index (χ0v) is 16.1. The smallest absolute Gasteiger partial charge is 0.258 e. The molecule has 4 rings (SSSR count). The number of pyridine rings is 1. The molecular weight excluding hydrogens is 362 g/mol. The SMILES string of the molecule is Cc1cc2c(c(=O)n1CCc1ccccc1)[C@@H](c1ccccc1)C(C#N)=C(N)O2. The Morgan fingerprint density at radius 3 is 2.41 bits per heavy atom. The van der Waals surface area contributed by atoms with E-state index in [4.69, 9.17) is 10.5 Å². The van der Waals surface area contributed by atoms with E-state index in [9.17, 15) is 10.1 Å². The van der Waals surface area contributed by atoms with Gasteiger partial charge >= 0.3 is 0 Å². The summed E-state index contributed by atoms with van der Waals surface area (Å²) in [5.74, 6) is -0.0653. The van der Waals surface area contributed by atoms with Crippen molar-refractivity contribution in [1.29, 1.82) is 5.26 Å². The first kappa shape index (κ1) is 18.6. The predicted molar refractivity (Wildman–Crippen MR) is 111 cm³/mol. The van der Waals surface area contributed by atoms with Gasteiger partial charge in [0.25, 0.3) is 5.56 Å². The fourth-order valence-electron chi connectivity index (χ4n) is 3.83. The summed E-state index contributed by atoms with van der Waals surface area (Å²) >= 11 is 0. The topological polar surface area (TPSA) is 81.0 Å². The van der Waals surface area contributed by atoms with Crippen LogP contribution >= 0.6 is 0 Å². The first-order chi connectivity index (χ1) is 14.1. The van der Waals surface area contributed by atoms with Crippen LogP contribution in [0.3, 0.4) is 0 Å². The molecule has 3 aromatic rings. The summed E-state index contributed by atoms with van der Waals surface area (Å²) in [4.78, 5) is 13.5. The second-order valence-electron chi connectivity index (χ2n) is 7.09. The molecule has 2 heterocycles. The van der Waals surface area contributed by atoms with Crippen LogP contribution < -0.4 is 16.0 Å². The van der Waals surface area contributed by atoms with E-state index < -0.39 is 5.92 Å². The van der Waals surface area contributed by atoms with Crippen molar-refractivity contribution in [3.8, 4) is 11.8 Å². The van der Waals surface area contributed by atoms with Gasteiger partial charge in [0.05, 0.1) is 11.5 Å². The number of allylic oxidation sites excluding steroid dienone is 1. The van der Waals surface area contributed by atoms with Gasteiger partial charge in [0.2, 0.25) is 5.88 Å². The molecule has 0 bridgehead atoms. The highest BCUT2D eigenvalue weighted by atomic mass is 16.5. The molecule has 144 valence electrons. The molecule has 2 aromatic carbocycles. The summed E-state index contributed by atoms with van der Waals surface area (Å²) in [5, 5.41) is 9.71. The second-order valence-corrected chi connectivity index (χ2v) is 7.09. The molecule has 0 radical (unpaired) electrons. The number of ether oxygens (including phenoxy) is 1. The number of benzene rings is 2. The van der Waals surface area contributed by atoms with Crippen LogP contribution in [-0.4, -0.2) is 4.57 Å². The second kappa shape index (κ2) is 7.69. The molecule has 0 saturated heterocycles. The Morgan fingerprint density at radius 2 is 1.76 bits per heavy atom. The highest BCUT2D eigenvalue weighted by molar-refractivity contribution is 5.55. The Morgan fingerprint density at radius 1 is 1.10 bits per heavy atom. The number of nitriles is 1. The number of rotatable bonds is 4. The average molecular weight is 383 g/mol. The molecule has 0 amide bonds. The molecule has 5 nitrogen and oxygen atoms in total. The van der Waals surface area contributed by atoms with Crippen molar-refractivity contribution in [2.24, 2.45) is 5.73 Å². The lowest BCUT2D eigenvalue weighted by molar-refractivity contribution is 0.388. The molecule has 0 saturated carbocycles. The zero-order chi connectivity index (χ0) is 20.4. The normalized spacial score (nSPS) is 15.4. The maximum Gasteiger partial charge on any atom is 0.258 e. The van der Waals surface area contributed by atoms with Crippen molar-refractivity contribution in [2.75, 3.05) is 0 Å². The Kier molecular flexibility index (Phi) is 4.92. The van der Waals surface area contributed by atoms with Crippen LogP contribution in [0.4, 0.5) is 0 Å². The Bertz CT molecular complexity index is 1170. The van der Waals surface area contributed by atoms with Crippen LogP contribution in [0.2, 0.25) is 0 Å². The quantitative estimate of drug-likeness (QED) is 0.746. The van der Waals surface area contributed by atoms with E-state index in [1.165, 1.54) is 0 Å². The van der Waals surface area contributed by atoms with E-state index in [1.807, 2.05) is 73.7 Å².